The Morgan fingerprint density at radius 1 is 1.14 bits per heavy atom. The van der Waals surface area contributed by atoms with E-state index in [0.29, 0.717) is 17.0 Å². The maximum atomic E-state index is 12.4. The molecule has 0 unspecified atom stereocenters. The zero-order valence-electron chi connectivity index (χ0n) is 16.8. The first-order chi connectivity index (χ1) is 14.0. The van der Waals surface area contributed by atoms with Gasteiger partial charge in [-0.3, -0.25) is 19.3 Å². The Hall–Kier alpha value is -3.10. The lowest BCUT2D eigenvalue weighted by atomic mass is 10.1. The maximum Gasteiger partial charge on any atom is 0.261 e. The second-order valence-electron chi connectivity index (χ2n) is 7.26. The number of aromatic nitrogens is 4. The van der Waals surface area contributed by atoms with Crippen LogP contribution in [0.15, 0.2) is 24.3 Å². The van der Waals surface area contributed by atoms with Crippen LogP contribution in [0.2, 0.25) is 0 Å². The standard InChI is InChI=1S/C20H26N6O3/c1-3-4-5-8-14(2)21-18(27)13-26-23-17(22-24-26)11-12-25-19(28)15-9-6-7-10-16(15)20(25)29/h6-7,9-10,14H,3-5,8,11-13H2,1-2H3,(H,21,27)/t14-/m0/s1. The summed E-state index contributed by atoms with van der Waals surface area (Å²) >= 11 is 0. The maximum absolute atomic E-state index is 12.4. The topological polar surface area (TPSA) is 110 Å². The van der Waals surface area contributed by atoms with Crippen molar-refractivity contribution in [2.45, 2.75) is 58.5 Å². The van der Waals surface area contributed by atoms with E-state index in [1.165, 1.54) is 9.70 Å². The zero-order chi connectivity index (χ0) is 20.8. The summed E-state index contributed by atoms with van der Waals surface area (Å²) in [6.45, 7) is 4.28. The van der Waals surface area contributed by atoms with Crippen LogP contribution in [-0.4, -0.2) is 55.4 Å². The SMILES string of the molecule is CCCCC[C@H](C)NC(=O)Cn1nnc(CCN2C(=O)c3ccccc3C2=O)n1. The molecule has 0 radical (unpaired) electrons. The minimum atomic E-state index is -0.311. The average Bonchev–Trinajstić information content (AvgIpc) is 3.23. The van der Waals surface area contributed by atoms with E-state index in [9.17, 15) is 14.4 Å². The van der Waals surface area contributed by atoms with E-state index in [1.54, 1.807) is 24.3 Å². The molecule has 1 N–H and O–H groups in total. The smallest absolute Gasteiger partial charge is 0.261 e. The van der Waals surface area contributed by atoms with Gasteiger partial charge in [-0.15, -0.1) is 10.2 Å². The van der Waals surface area contributed by atoms with E-state index in [-0.39, 0.29) is 43.3 Å². The van der Waals surface area contributed by atoms with Crippen LogP contribution in [0.25, 0.3) is 0 Å². The molecule has 0 bridgehead atoms. The first-order valence-corrected chi connectivity index (χ1v) is 10.0. The van der Waals surface area contributed by atoms with Crippen LogP contribution in [-0.2, 0) is 17.8 Å². The molecule has 154 valence electrons. The van der Waals surface area contributed by atoms with Crippen molar-refractivity contribution in [3.05, 3.63) is 41.2 Å². The van der Waals surface area contributed by atoms with Crippen molar-refractivity contribution < 1.29 is 14.4 Å². The third-order valence-electron chi connectivity index (χ3n) is 4.86. The van der Waals surface area contributed by atoms with Gasteiger partial charge in [-0.05, 0) is 30.7 Å². The van der Waals surface area contributed by atoms with Gasteiger partial charge >= 0.3 is 0 Å². The van der Waals surface area contributed by atoms with Crippen molar-refractivity contribution in [2.75, 3.05) is 6.54 Å². The van der Waals surface area contributed by atoms with Gasteiger partial charge in [-0.25, -0.2) is 0 Å². The number of nitrogens with one attached hydrogen (secondary N) is 1. The molecule has 1 aromatic carbocycles. The number of fused-ring (bicyclic) bond motifs is 1. The Balaban J connectivity index is 1.48. The van der Waals surface area contributed by atoms with Crippen molar-refractivity contribution in [1.82, 2.24) is 30.4 Å². The van der Waals surface area contributed by atoms with Gasteiger partial charge < -0.3 is 5.32 Å². The molecule has 0 fully saturated rings. The molecule has 29 heavy (non-hydrogen) atoms. The fourth-order valence-electron chi connectivity index (χ4n) is 3.32. The Morgan fingerprint density at radius 2 is 1.83 bits per heavy atom. The monoisotopic (exact) mass is 398 g/mol. The Morgan fingerprint density at radius 3 is 2.48 bits per heavy atom. The lowest BCUT2D eigenvalue weighted by Gasteiger charge is -2.13. The molecule has 0 aliphatic carbocycles. The molecule has 0 saturated carbocycles. The fraction of sp³-hybridized carbons (Fsp3) is 0.500. The Bertz CT molecular complexity index is 859. The number of imide groups is 1. The van der Waals surface area contributed by atoms with Gasteiger partial charge in [0.1, 0.15) is 6.54 Å². The summed E-state index contributed by atoms with van der Waals surface area (Å²) in [7, 11) is 0. The second kappa shape index (κ2) is 9.40. The number of amides is 3. The molecule has 1 aliphatic rings. The van der Waals surface area contributed by atoms with Crippen molar-refractivity contribution in [2.24, 2.45) is 0 Å². The molecule has 1 aliphatic heterocycles. The van der Waals surface area contributed by atoms with Crippen LogP contribution in [0.3, 0.4) is 0 Å². The molecule has 3 rings (SSSR count). The normalized spacial score (nSPS) is 14.2. The minimum absolute atomic E-state index is 0.0157. The van der Waals surface area contributed by atoms with Gasteiger partial charge in [0.2, 0.25) is 5.91 Å². The zero-order valence-corrected chi connectivity index (χ0v) is 16.8. The molecule has 1 aromatic heterocycles. The first kappa shape index (κ1) is 20.6. The van der Waals surface area contributed by atoms with Gasteiger partial charge in [-0.2, -0.15) is 4.80 Å². The molecule has 0 saturated heterocycles. The van der Waals surface area contributed by atoms with E-state index in [0.717, 1.165) is 25.7 Å². The first-order valence-electron chi connectivity index (χ1n) is 10.0. The van der Waals surface area contributed by atoms with E-state index in [2.05, 4.69) is 27.7 Å². The van der Waals surface area contributed by atoms with E-state index in [4.69, 9.17) is 0 Å². The van der Waals surface area contributed by atoms with Crippen LogP contribution in [0.1, 0.15) is 66.1 Å². The van der Waals surface area contributed by atoms with Gasteiger partial charge in [0.05, 0.1) is 11.1 Å². The van der Waals surface area contributed by atoms with Crippen LogP contribution >= 0.6 is 0 Å². The molecule has 2 heterocycles. The molecule has 9 heteroatoms. The quantitative estimate of drug-likeness (QED) is 0.481. The molecule has 9 nitrogen and oxygen atoms in total. The molecule has 3 amide bonds. The fourth-order valence-corrected chi connectivity index (χ4v) is 3.32. The summed E-state index contributed by atoms with van der Waals surface area (Å²) in [5, 5.41) is 14.9. The van der Waals surface area contributed by atoms with Crippen LogP contribution in [0.4, 0.5) is 0 Å². The van der Waals surface area contributed by atoms with Crippen molar-refractivity contribution in [3.8, 4) is 0 Å². The summed E-state index contributed by atoms with van der Waals surface area (Å²) in [6.07, 6.45) is 4.60. The van der Waals surface area contributed by atoms with E-state index < -0.39 is 0 Å². The van der Waals surface area contributed by atoms with Gasteiger partial charge in [0.15, 0.2) is 5.82 Å². The van der Waals surface area contributed by atoms with Gasteiger partial charge in [0.25, 0.3) is 11.8 Å². The van der Waals surface area contributed by atoms with Crippen molar-refractivity contribution in [3.63, 3.8) is 0 Å². The van der Waals surface area contributed by atoms with Crippen molar-refractivity contribution >= 4 is 17.7 Å². The number of hydrogen-bond donors (Lipinski definition) is 1. The number of carbonyl (C=O) groups excluding carboxylic acids is 3. The highest BCUT2D eigenvalue weighted by Gasteiger charge is 2.34. The lowest BCUT2D eigenvalue weighted by molar-refractivity contribution is -0.122. The largest absolute Gasteiger partial charge is 0.352 e. The highest BCUT2D eigenvalue weighted by molar-refractivity contribution is 6.21. The highest BCUT2D eigenvalue weighted by Crippen LogP contribution is 2.22. The van der Waals surface area contributed by atoms with Crippen molar-refractivity contribution in [1.29, 1.82) is 0 Å². The summed E-state index contributed by atoms with van der Waals surface area (Å²) in [4.78, 5) is 39.3. The number of rotatable bonds is 10. The third kappa shape index (κ3) is 5.04. The van der Waals surface area contributed by atoms with E-state index >= 15 is 0 Å². The third-order valence-corrected chi connectivity index (χ3v) is 4.86. The number of benzene rings is 1. The van der Waals surface area contributed by atoms with Gasteiger partial charge in [-0.1, -0.05) is 38.3 Å². The number of nitrogens with zero attached hydrogens (tertiary/aromatic N) is 5. The second-order valence-corrected chi connectivity index (χ2v) is 7.26. The highest BCUT2D eigenvalue weighted by atomic mass is 16.2. The lowest BCUT2D eigenvalue weighted by Crippen LogP contribution is -2.35. The number of tetrazole rings is 1. The van der Waals surface area contributed by atoms with Crippen LogP contribution in [0.5, 0.6) is 0 Å². The molecule has 0 spiro atoms. The summed E-state index contributed by atoms with van der Waals surface area (Å²) in [5.74, 6) is -0.410. The predicted molar refractivity (Wildman–Crippen MR) is 105 cm³/mol. The predicted octanol–water partition coefficient (Wildman–Crippen LogP) is 1.60. The van der Waals surface area contributed by atoms with Crippen LogP contribution in [0, 0.1) is 0 Å². The number of hydrogen-bond acceptors (Lipinski definition) is 6. The molecular weight excluding hydrogens is 372 g/mol. The van der Waals surface area contributed by atoms with Crippen LogP contribution < -0.4 is 5.32 Å². The Kier molecular flexibility index (Phi) is 6.69. The number of carbonyl (C=O) groups is 3. The summed E-state index contributed by atoms with van der Waals surface area (Å²) in [5.41, 5.74) is 0.831. The summed E-state index contributed by atoms with van der Waals surface area (Å²) < 4.78 is 0. The molecule has 1 atom stereocenters. The Labute approximate surface area is 169 Å². The molecular formula is C20H26N6O3. The summed E-state index contributed by atoms with van der Waals surface area (Å²) in [6, 6.07) is 6.86. The molecule has 2 aromatic rings. The average molecular weight is 398 g/mol. The van der Waals surface area contributed by atoms with Gasteiger partial charge in [0, 0.05) is 19.0 Å². The van der Waals surface area contributed by atoms with E-state index in [1.807, 2.05) is 6.92 Å². The minimum Gasteiger partial charge on any atom is -0.352 e. The number of unbranched alkanes of at least 4 members (excludes halogenated alkanes) is 2.